The number of aliphatic carboxylic acids is 1. The van der Waals surface area contributed by atoms with Crippen molar-refractivity contribution >= 4 is 24.3 Å². The van der Waals surface area contributed by atoms with Gasteiger partial charge in [-0.15, -0.1) is 12.4 Å². The van der Waals surface area contributed by atoms with Crippen LogP contribution >= 0.6 is 12.4 Å². The van der Waals surface area contributed by atoms with E-state index >= 15 is 0 Å². The molecule has 0 spiro atoms. The summed E-state index contributed by atoms with van der Waals surface area (Å²) in [6, 6.07) is 0. The first-order chi connectivity index (χ1) is 10.0. The predicted octanol–water partition coefficient (Wildman–Crippen LogP) is 0.758. The van der Waals surface area contributed by atoms with Crippen LogP contribution in [-0.4, -0.2) is 57.8 Å². The lowest BCUT2D eigenvalue weighted by atomic mass is 9.96. The van der Waals surface area contributed by atoms with Gasteiger partial charge in [0, 0.05) is 26.3 Å². The average Bonchev–Trinajstić information content (AvgIpc) is 2.90. The minimum atomic E-state index is -0.749. The molecule has 1 aliphatic rings. The van der Waals surface area contributed by atoms with Crippen molar-refractivity contribution in [2.45, 2.75) is 19.3 Å². The Hall–Kier alpha value is -1.60. The van der Waals surface area contributed by atoms with Crippen molar-refractivity contribution < 1.29 is 14.7 Å². The normalized spacial score (nSPS) is 16.0. The fourth-order valence-electron chi connectivity index (χ4n) is 2.55. The van der Waals surface area contributed by atoms with Gasteiger partial charge in [0.2, 0.25) is 0 Å². The summed E-state index contributed by atoms with van der Waals surface area (Å²) in [5.74, 6) is -0.371. The summed E-state index contributed by atoms with van der Waals surface area (Å²) in [7, 11) is 1.78. The summed E-state index contributed by atoms with van der Waals surface area (Å²) in [6.45, 7) is 3.09. The Bertz CT molecular complexity index is 498. The topological polar surface area (TPSA) is 87.5 Å². The highest BCUT2D eigenvalue weighted by atomic mass is 35.5. The number of carboxylic acid groups (broad SMARTS) is 1. The molecule has 0 saturated carbocycles. The summed E-state index contributed by atoms with van der Waals surface area (Å²) >= 11 is 0. The van der Waals surface area contributed by atoms with Crippen molar-refractivity contribution in [3.63, 3.8) is 0 Å². The molecule has 8 heteroatoms. The third-order valence-electron chi connectivity index (χ3n) is 3.87. The maximum absolute atomic E-state index is 11.9. The number of nitrogens with zero attached hydrogens (tertiary/aromatic N) is 3. The number of likely N-dealkylation sites (tertiary alicyclic amines) is 1. The minimum Gasteiger partial charge on any atom is -0.481 e. The van der Waals surface area contributed by atoms with Gasteiger partial charge in [0.05, 0.1) is 18.2 Å². The van der Waals surface area contributed by atoms with E-state index in [4.69, 9.17) is 5.11 Å². The Morgan fingerprint density at radius 3 is 2.64 bits per heavy atom. The number of carbonyl (C=O) groups is 2. The molecule has 1 amide bonds. The highest BCUT2D eigenvalue weighted by Gasteiger charge is 2.20. The zero-order valence-electron chi connectivity index (χ0n) is 12.7. The van der Waals surface area contributed by atoms with Crippen molar-refractivity contribution in [3.05, 3.63) is 18.0 Å². The fraction of sp³-hybridized carbons (Fsp3) is 0.643. The van der Waals surface area contributed by atoms with Crippen LogP contribution in [0.2, 0.25) is 0 Å². The lowest BCUT2D eigenvalue weighted by molar-refractivity contribution is -0.137. The summed E-state index contributed by atoms with van der Waals surface area (Å²) in [4.78, 5) is 24.6. The summed E-state index contributed by atoms with van der Waals surface area (Å²) in [5, 5.41) is 15.6. The van der Waals surface area contributed by atoms with Gasteiger partial charge in [-0.2, -0.15) is 5.10 Å². The van der Waals surface area contributed by atoms with E-state index in [1.165, 1.54) is 0 Å². The zero-order valence-corrected chi connectivity index (χ0v) is 13.5. The van der Waals surface area contributed by atoms with Gasteiger partial charge in [-0.1, -0.05) is 0 Å². The van der Waals surface area contributed by atoms with Crippen molar-refractivity contribution in [1.82, 2.24) is 20.0 Å². The van der Waals surface area contributed by atoms with Crippen molar-refractivity contribution in [3.8, 4) is 0 Å². The van der Waals surface area contributed by atoms with Gasteiger partial charge in [0.1, 0.15) is 0 Å². The van der Waals surface area contributed by atoms with Gasteiger partial charge in [-0.05, 0) is 31.8 Å². The van der Waals surface area contributed by atoms with Gasteiger partial charge in [-0.25, -0.2) is 0 Å². The van der Waals surface area contributed by atoms with Crippen LogP contribution in [0.15, 0.2) is 12.4 Å². The molecule has 2 heterocycles. The van der Waals surface area contributed by atoms with Gasteiger partial charge < -0.3 is 15.3 Å². The number of hydrogen-bond acceptors (Lipinski definition) is 4. The summed E-state index contributed by atoms with van der Waals surface area (Å²) in [6.07, 6.45) is 5.44. The van der Waals surface area contributed by atoms with E-state index in [9.17, 15) is 9.59 Å². The van der Waals surface area contributed by atoms with Gasteiger partial charge in [0.15, 0.2) is 0 Å². The van der Waals surface area contributed by atoms with Crippen LogP contribution < -0.4 is 5.32 Å². The van der Waals surface area contributed by atoms with Gasteiger partial charge >= 0.3 is 5.97 Å². The van der Waals surface area contributed by atoms with E-state index in [2.05, 4.69) is 15.3 Å². The maximum Gasteiger partial charge on any atom is 0.304 e. The number of hydrogen-bond donors (Lipinski definition) is 2. The first-order valence-electron chi connectivity index (χ1n) is 7.25. The Morgan fingerprint density at radius 2 is 2.09 bits per heavy atom. The van der Waals surface area contributed by atoms with E-state index < -0.39 is 5.97 Å². The smallest absolute Gasteiger partial charge is 0.304 e. The highest BCUT2D eigenvalue weighted by Crippen LogP contribution is 2.16. The maximum atomic E-state index is 11.9. The highest BCUT2D eigenvalue weighted by molar-refractivity contribution is 5.93. The predicted molar refractivity (Wildman–Crippen MR) is 84.2 cm³/mol. The lowest BCUT2D eigenvalue weighted by Gasteiger charge is -2.31. The second kappa shape index (κ2) is 8.75. The Balaban J connectivity index is 0.00000242. The largest absolute Gasteiger partial charge is 0.481 e. The first kappa shape index (κ1) is 18.4. The average molecular weight is 331 g/mol. The molecule has 1 aromatic rings. The van der Waals surface area contributed by atoms with Crippen LogP contribution in [0.3, 0.4) is 0 Å². The van der Waals surface area contributed by atoms with E-state index in [0.717, 1.165) is 25.9 Å². The molecule has 7 nitrogen and oxygen atoms in total. The van der Waals surface area contributed by atoms with Crippen LogP contribution in [0.1, 0.15) is 29.6 Å². The van der Waals surface area contributed by atoms with Gasteiger partial charge in [-0.3, -0.25) is 14.3 Å². The molecule has 2 rings (SSSR count). The Kier molecular flexibility index (Phi) is 7.34. The second-order valence-corrected chi connectivity index (χ2v) is 5.54. The molecule has 0 bridgehead atoms. The monoisotopic (exact) mass is 330 g/mol. The standard InChI is InChI=1S/C14H22N4O3.ClH/c1-17-10-12(9-16-17)14(21)15-8-11-2-5-18(6-3-11)7-4-13(19)20;/h9-11H,2-8H2,1H3,(H,15,21)(H,19,20);1H. The van der Waals surface area contributed by atoms with Crippen molar-refractivity contribution in [2.24, 2.45) is 13.0 Å². The van der Waals surface area contributed by atoms with E-state index in [1.54, 1.807) is 24.1 Å². The molecule has 124 valence electrons. The van der Waals surface area contributed by atoms with E-state index in [-0.39, 0.29) is 24.7 Å². The fourth-order valence-corrected chi connectivity index (χ4v) is 2.55. The number of carboxylic acids is 1. The molecule has 1 aromatic heterocycles. The first-order valence-corrected chi connectivity index (χ1v) is 7.25. The molecule has 0 aromatic carbocycles. The molecule has 2 N–H and O–H groups in total. The van der Waals surface area contributed by atoms with Crippen LogP contribution in [0.5, 0.6) is 0 Å². The van der Waals surface area contributed by atoms with Crippen LogP contribution in [0, 0.1) is 5.92 Å². The minimum absolute atomic E-state index is 0. The number of aryl methyl sites for hydroxylation is 1. The van der Waals surface area contributed by atoms with Crippen molar-refractivity contribution in [1.29, 1.82) is 0 Å². The number of amides is 1. The number of carbonyl (C=O) groups excluding carboxylic acids is 1. The molecule has 1 fully saturated rings. The van der Waals surface area contributed by atoms with Crippen LogP contribution in [0.25, 0.3) is 0 Å². The SMILES string of the molecule is Cl.Cn1cc(C(=O)NCC2CCN(CCC(=O)O)CC2)cn1. The molecule has 0 atom stereocenters. The van der Waals surface area contributed by atoms with Crippen LogP contribution in [-0.2, 0) is 11.8 Å². The number of nitrogens with one attached hydrogen (secondary N) is 1. The number of piperidine rings is 1. The zero-order chi connectivity index (χ0) is 15.2. The molecule has 0 radical (unpaired) electrons. The molecule has 0 aliphatic carbocycles. The molecule has 0 unspecified atom stereocenters. The third kappa shape index (κ3) is 5.65. The second-order valence-electron chi connectivity index (χ2n) is 5.54. The molecule has 1 saturated heterocycles. The van der Waals surface area contributed by atoms with Gasteiger partial charge in [0.25, 0.3) is 5.91 Å². The van der Waals surface area contributed by atoms with E-state index in [0.29, 0.717) is 24.6 Å². The van der Waals surface area contributed by atoms with E-state index in [1.807, 2.05) is 0 Å². The molecule has 1 aliphatic heterocycles. The summed E-state index contributed by atoms with van der Waals surface area (Å²) < 4.78 is 1.61. The van der Waals surface area contributed by atoms with Crippen molar-refractivity contribution in [2.75, 3.05) is 26.2 Å². The van der Waals surface area contributed by atoms with Crippen LogP contribution in [0.4, 0.5) is 0 Å². The Morgan fingerprint density at radius 1 is 1.41 bits per heavy atom. The lowest BCUT2D eigenvalue weighted by Crippen LogP contribution is -2.39. The number of halogens is 1. The molecular formula is C14H23ClN4O3. The summed E-state index contributed by atoms with van der Waals surface area (Å²) in [5.41, 5.74) is 0.580. The number of rotatable bonds is 6. The third-order valence-corrected chi connectivity index (χ3v) is 3.87. The Labute approximate surface area is 136 Å². The molecular weight excluding hydrogens is 308 g/mol. The molecule has 22 heavy (non-hydrogen) atoms. The quantitative estimate of drug-likeness (QED) is 0.804. The number of aromatic nitrogens is 2.